The van der Waals surface area contributed by atoms with Crippen molar-refractivity contribution >= 4 is 5.91 Å². The van der Waals surface area contributed by atoms with Gasteiger partial charge in [-0.3, -0.25) is 4.79 Å². The number of carbonyl (C=O) groups excluding carboxylic acids is 1. The van der Waals surface area contributed by atoms with Crippen LogP contribution in [0.5, 0.6) is 0 Å². The van der Waals surface area contributed by atoms with Gasteiger partial charge in [0, 0.05) is 18.7 Å². The van der Waals surface area contributed by atoms with E-state index in [4.69, 9.17) is 0 Å². The Kier molecular flexibility index (Phi) is 3.14. The van der Waals surface area contributed by atoms with Crippen LogP contribution in [-0.2, 0) is 0 Å². The summed E-state index contributed by atoms with van der Waals surface area (Å²) >= 11 is 0. The van der Waals surface area contributed by atoms with Crippen LogP contribution in [0.1, 0.15) is 16.8 Å². The van der Waals surface area contributed by atoms with E-state index in [9.17, 15) is 13.6 Å². The molecule has 0 radical (unpaired) electrons. The lowest BCUT2D eigenvalue weighted by atomic mass is 10.1. The van der Waals surface area contributed by atoms with E-state index in [1.807, 2.05) is 0 Å². The molecule has 0 spiro atoms. The zero-order chi connectivity index (χ0) is 11.5. The molecule has 1 aliphatic rings. The highest BCUT2D eigenvalue weighted by Gasteiger charge is 2.19. The number of benzene rings is 1. The highest BCUT2D eigenvalue weighted by molar-refractivity contribution is 5.94. The summed E-state index contributed by atoms with van der Waals surface area (Å²) < 4.78 is 25.9. The van der Waals surface area contributed by atoms with Gasteiger partial charge in [-0.2, -0.15) is 0 Å². The second-order valence-electron chi connectivity index (χ2n) is 3.79. The van der Waals surface area contributed by atoms with Crippen molar-refractivity contribution in [2.45, 2.75) is 12.5 Å². The average Bonchev–Trinajstić information content (AvgIpc) is 2.70. The summed E-state index contributed by atoms with van der Waals surface area (Å²) in [5.41, 5.74) is -0.117. The van der Waals surface area contributed by atoms with E-state index >= 15 is 0 Å². The van der Waals surface area contributed by atoms with Gasteiger partial charge < -0.3 is 10.6 Å². The Labute approximate surface area is 91.8 Å². The normalized spacial score (nSPS) is 19.8. The standard InChI is InChI=1S/C11H12F2N2O/c12-7-1-2-9(10(13)5-7)11(16)15-8-3-4-14-6-8/h1-2,5,8,14H,3-4,6H2,(H,15,16). The minimum absolute atomic E-state index is 0.0250. The van der Waals surface area contributed by atoms with Gasteiger partial charge in [0.1, 0.15) is 11.6 Å². The molecule has 0 aliphatic carbocycles. The molecule has 1 fully saturated rings. The third-order valence-corrected chi connectivity index (χ3v) is 2.57. The molecule has 1 saturated heterocycles. The van der Waals surface area contributed by atoms with Gasteiger partial charge in [-0.05, 0) is 25.1 Å². The molecule has 0 bridgehead atoms. The number of carbonyl (C=O) groups is 1. The van der Waals surface area contributed by atoms with E-state index in [0.29, 0.717) is 12.6 Å². The molecule has 86 valence electrons. The molecule has 1 heterocycles. The maximum Gasteiger partial charge on any atom is 0.254 e. The van der Waals surface area contributed by atoms with Crippen LogP contribution in [0.3, 0.4) is 0 Å². The van der Waals surface area contributed by atoms with Crippen LogP contribution in [0, 0.1) is 11.6 Å². The summed E-state index contributed by atoms with van der Waals surface area (Å²) in [6, 6.07) is 2.96. The lowest BCUT2D eigenvalue weighted by Crippen LogP contribution is -2.36. The fourth-order valence-corrected chi connectivity index (χ4v) is 1.71. The van der Waals surface area contributed by atoms with Gasteiger partial charge in [-0.15, -0.1) is 0 Å². The molecule has 2 N–H and O–H groups in total. The van der Waals surface area contributed by atoms with E-state index in [1.165, 1.54) is 0 Å². The smallest absolute Gasteiger partial charge is 0.254 e. The third-order valence-electron chi connectivity index (χ3n) is 2.57. The molecule has 1 amide bonds. The Morgan fingerprint density at radius 3 is 2.88 bits per heavy atom. The fourth-order valence-electron chi connectivity index (χ4n) is 1.71. The van der Waals surface area contributed by atoms with Crippen LogP contribution < -0.4 is 10.6 Å². The maximum atomic E-state index is 13.3. The number of hydrogen-bond acceptors (Lipinski definition) is 2. The van der Waals surface area contributed by atoms with E-state index in [2.05, 4.69) is 10.6 Å². The molecule has 0 aromatic heterocycles. The summed E-state index contributed by atoms with van der Waals surface area (Å²) in [5, 5.41) is 5.78. The predicted octanol–water partition coefficient (Wildman–Crippen LogP) is 1.06. The molecule has 1 atom stereocenters. The first kappa shape index (κ1) is 11.0. The molecule has 1 unspecified atom stereocenters. The highest BCUT2D eigenvalue weighted by atomic mass is 19.1. The van der Waals surface area contributed by atoms with E-state index in [1.54, 1.807) is 0 Å². The Morgan fingerprint density at radius 1 is 1.44 bits per heavy atom. The monoisotopic (exact) mass is 226 g/mol. The average molecular weight is 226 g/mol. The third kappa shape index (κ3) is 2.36. The van der Waals surface area contributed by atoms with Crippen LogP contribution in [0.2, 0.25) is 0 Å². The quantitative estimate of drug-likeness (QED) is 0.791. The van der Waals surface area contributed by atoms with Crippen LogP contribution in [0.4, 0.5) is 8.78 Å². The summed E-state index contributed by atoms with van der Waals surface area (Å²) in [5.74, 6) is -2.01. The molecule has 5 heteroatoms. The maximum absolute atomic E-state index is 13.3. The Morgan fingerprint density at radius 2 is 2.25 bits per heavy atom. The Hall–Kier alpha value is -1.49. The number of nitrogens with one attached hydrogen (secondary N) is 2. The Balaban J connectivity index is 2.08. The summed E-state index contributed by atoms with van der Waals surface area (Å²) in [7, 11) is 0. The van der Waals surface area contributed by atoms with Crippen molar-refractivity contribution < 1.29 is 13.6 Å². The van der Waals surface area contributed by atoms with Gasteiger partial charge in [0.25, 0.3) is 5.91 Å². The molecule has 16 heavy (non-hydrogen) atoms. The molecule has 1 aromatic rings. The number of halogens is 2. The second kappa shape index (κ2) is 4.57. The summed E-state index contributed by atoms with van der Waals surface area (Å²) in [6.45, 7) is 1.53. The van der Waals surface area contributed by atoms with E-state index < -0.39 is 17.5 Å². The van der Waals surface area contributed by atoms with Crippen molar-refractivity contribution in [2.75, 3.05) is 13.1 Å². The van der Waals surface area contributed by atoms with Crippen LogP contribution in [0.15, 0.2) is 18.2 Å². The fraction of sp³-hybridized carbons (Fsp3) is 0.364. The first-order valence-corrected chi connectivity index (χ1v) is 5.13. The zero-order valence-electron chi connectivity index (χ0n) is 8.59. The van der Waals surface area contributed by atoms with Gasteiger partial charge in [0.15, 0.2) is 0 Å². The van der Waals surface area contributed by atoms with Crippen LogP contribution in [-0.4, -0.2) is 25.0 Å². The topological polar surface area (TPSA) is 41.1 Å². The molecule has 1 aliphatic heterocycles. The lowest BCUT2D eigenvalue weighted by Gasteiger charge is -2.11. The number of amides is 1. The molecular weight excluding hydrogens is 214 g/mol. The molecule has 3 nitrogen and oxygen atoms in total. The Bertz CT molecular complexity index is 403. The predicted molar refractivity (Wildman–Crippen MR) is 55.1 cm³/mol. The van der Waals surface area contributed by atoms with Gasteiger partial charge >= 0.3 is 0 Å². The van der Waals surface area contributed by atoms with Gasteiger partial charge in [-0.1, -0.05) is 0 Å². The lowest BCUT2D eigenvalue weighted by molar-refractivity contribution is 0.0936. The second-order valence-corrected chi connectivity index (χ2v) is 3.79. The van der Waals surface area contributed by atoms with Crippen molar-refractivity contribution in [2.24, 2.45) is 0 Å². The first-order chi connectivity index (χ1) is 7.66. The minimum atomic E-state index is -0.830. The molecule has 2 rings (SSSR count). The summed E-state index contributed by atoms with van der Waals surface area (Å²) in [4.78, 5) is 11.6. The van der Waals surface area contributed by atoms with Gasteiger partial charge in [-0.25, -0.2) is 8.78 Å². The zero-order valence-corrected chi connectivity index (χ0v) is 8.59. The minimum Gasteiger partial charge on any atom is -0.348 e. The van der Waals surface area contributed by atoms with Crippen LogP contribution >= 0.6 is 0 Å². The van der Waals surface area contributed by atoms with E-state index in [-0.39, 0.29) is 11.6 Å². The number of hydrogen-bond donors (Lipinski definition) is 2. The van der Waals surface area contributed by atoms with Crippen molar-refractivity contribution in [3.05, 3.63) is 35.4 Å². The molecule has 0 saturated carbocycles. The highest BCUT2D eigenvalue weighted by Crippen LogP contribution is 2.10. The van der Waals surface area contributed by atoms with Crippen LogP contribution in [0.25, 0.3) is 0 Å². The largest absolute Gasteiger partial charge is 0.348 e. The van der Waals surface area contributed by atoms with Crippen molar-refractivity contribution in [1.29, 1.82) is 0 Å². The molecular formula is C11H12F2N2O. The van der Waals surface area contributed by atoms with Crippen molar-refractivity contribution in [3.63, 3.8) is 0 Å². The van der Waals surface area contributed by atoms with Crippen molar-refractivity contribution in [1.82, 2.24) is 10.6 Å². The van der Waals surface area contributed by atoms with Gasteiger partial charge in [0.05, 0.1) is 5.56 Å². The molecule has 1 aromatic carbocycles. The summed E-state index contributed by atoms with van der Waals surface area (Å²) in [6.07, 6.45) is 0.828. The SMILES string of the molecule is O=C(NC1CCNC1)c1ccc(F)cc1F. The number of rotatable bonds is 2. The first-order valence-electron chi connectivity index (χ1n) is 5.13. The van der Waals surface area contributed by atoms with Gasteiger partial charge in [0.2, 0.25) is 0 Å². The van der Waals surface area contributed by atoms with Crippen molar-refractivity contribution in [3.8, 4) is 0 Å². The van der Waals surface area contributed by atoms with E-state index in [0.717, 1.165) is 25.1 Å².